The summed E-state index contributed by atoms with van der Waals surface area (Å²) in [6.45, 7) is 3.81. The lowest BCUT2D eigenvalue weighted by Gasteiger charge is -2.33. The highest BCUT2D eigenvalue weighted by Gasteiger charge is 2.22. The van der Waals surface area contributed by atoms with E-state index in [2.05, 4.69) is 4.90 Å². The zero-order valence-corrected chi connectivity index (χ0v) is 9.72. The third kappa shape index (κ3) is 2.88. The maximum atomic E-state index is 10.8. The van der Waals surface area contributed by atoms with Crippen LogP contribution in [0.5, 0.6) is 5.75 Å². The first kappa shape index (κ1) is 11.7. The zero-order chi connectivity index (χ0) is 12.3. The number of quaternary nitrogens is 1. The number of para-hydroxylation sites is 2. The Balaban J connectivity index is 1.95. The highest BCUT2D eigenvalue weighted by atomic mass is 16.3. The monoisotopic (exact) mass is 236 g/mol. The fraction of sp³-hybridized carbons (Fsp3) is 0.417. The van der Waals surface area contributed by atoms with Gasteiger partial charge in [-0.15, -0.1) is 0 Å². The number of aromatic hydroxyl groups is 1. The molecule has 0 spiro atoms. The molecule has 0 aliphatic carbocycles. The standard InChI is InChI=1S/C12H17N3O2/c13-12(17)9-14-5-7-15(8-6-14)10-3-1-2-4-11(10)16/h1-4,16H,5-9H2,(H2,13,17)/p+1. The molecule has 1 aliphatic rings. The Morgan fingerprint density at radius 1 is 1.35 bits per heavy atom. The Morgan fingerprint density at radius 3 is 2.59 bits per heavy atom. The summed E-state index contributed by atoms with van der Waals surface area (Å²) in [4.78, 5) is 14.2. The summed E-state index contributed by atoms with van der Waals surface area (Å²) in [5.74, 6) is 0.0573. The van der Waals surface area contributed by atoms with Gasteiger partial charge in [-0.05, 0) is 12.1 Å². The minimum atomic E-state index is -0.254. The molecule has 0 radical (unpaired) electrons. The van der Waals surface area contributed by atoms with Crippen molar-refractivity contribution in [3.05, 3.63) is 24.3 Å². The quantitative estimate of drug-likeness (QED) is 0.603. The number of anilines is 1. The van der Waals surface area contributed by atoms with Gasteiger partial charge >= 0.3 is 0 Å². The first-order valence-electron chi connectivity index (χ1n) is 5.81. The average Bonchev–Trinajstić information content (AvgIpc) is 2.30. The minimum Gasteiger partial charge on any atom is -0.506 e. The number of nitrogens with one attached hydrogen (secondary N) is 1. The summed E-state index contributed by atoms with van der Waals surface area (Å²) < 4.78 is 0. The molecule has 5 heteroatoms. The molecule has 1 aliphatic heterocycles. The molecule has 0 atom stereocenters. The van der Waals surface area contributed by atoms with Crippen LogP contribution in [0.1, 0.15) is 0 Å². The molecule has 0 saturated carbocycles. The van der Waals surface area contributed by atoms with E-state index in [1.165, 1.54) is 4.90 Å². The number of nitrogens with zero attached hydrogens (tertiary/aromatic N) is 1. The fourth-order valence-electron chi connectivity index (χ4n) is 2.22. The normalized spacial score (nSPS) is 17.1. The molecular weight excluding hydrogens is 218 g/mol. The van der Waals surface area contributed by atoms with Gasteiger partial charge in [-0.25, -0.2) is 0 Å². The molecule has 1 aromatic carbocycles. The Bertz CT molecular complexity index is 400. The van der Waals surface area contributed by atoms with E-state index in [9.17, 15) is 9.90 Å². The van der Waals surface area contributed by atoms with Gasteiger partial charge < -0.3 is 20.6 Å². The molecule has 0 bridgehead atoms. The number of rotatable bonds is 3. The molecule has 17 heavy (non-hydrogen) atoms. The Hall–Kier alpha value is -1.75. The van der Waals surface area contributed by atoms with Crippen LogP contribution >= 0.6 is 0 Å². The molecular formula is C12H18N3O2+. The molecule has 1 aromatic rings. The highest BCUT2D eigenvalue weighted by Crippen LogP contribution is 2.25. The number of benzene rings is 1. The van der Waals surface area contributed by atoms with E-state index in [1.807, 2.05) is 18.2 Å². The maximum absolute atomic E-state index is 10.8. The van der Waals surface area contributed by atoms with E-state index < -0.39 is 0 Å². The van der Waals surface area contributed by atoms with Gasteiger partial charge in [0, 0.05) is 0 Å². The molecule has 1 fully saturated rings. The van der Waals surface area contributed by atoms with Crippen LogP contribution in [0.15, 0.2) is 24.3 Å². The van der Waals surface area contributed by atoms with E-state index in [4.69, 9.17) is 5.73 Å². The van der Waals surface area contributed by atoms with Crippen LogP contribution in [-0.2, 0) is 4.79 Å². The number of carbonyl (C=O) groups excluding carboxylic acids is 1. The molecule has 2 rings (SSSR count). The molecule has 1 amide bonds. The van der Waals surface area contributed by atoms with Crippen molar-refractivity contribution in [3.63, 3.8) is 0 Å². The third-order valence-electron chi connectivity index (χ3n) is 3.12. The van der Waals surface area contributed by atoms with E-state index in [1.54, 1.807) is 6.07 Å². The van der Waals surface area contributed by atoms with Crippen LogP contribution in [-0.4, -0.2) is 43.7 Å². The number of hydrogen-bond donors (Lipinski definition) is 3. The first-order valence-corrected chi connectivity index (χ1v) is 5.81. The van der Waals surface area contributed by atoms with Gasteiger partial charge in [0.05, 0.1) is 31.9 Å². The zero-order valence-electron chi connectivity index (χ0n) is 9.72. The summed E-state index contributed by atoms with van der Waals surface area (Å²) in [5, 5.41) is 9.75. The summed E-state index contributed by atoms with van der Waals surface area (Å²) in [7, 11) is 0. The molecule has 0 unspecified atom stereocenters. The molecule has 5 nitrogen and oxygen atoms in total. The largest absolute Gasteiger partial charge is 0.506 e. The Labute approximate surface area is 100 Å². The number of carbonyl (C=O) groups is 1. The SMILES string of the molecule is NC(=O)C[NH+]1CCN(c2ccccc2O)CC1. The van der Waals surface area contributed by atoms with Gasteiger partial charge in [0.2, 0.25) is 0 Å². The molecule has 4 N–H and O–H groups in total. The Kier molecular flexibility index (Phi) is 3.49. The smallest absolute Gasteiger partial charge is 0.272 e. The number of piperazine rings is 1. The highest BCUT2D eigenvalue weighted by molar-refractivity contribution is 5.74. The minimum absolute atomic E-state index is 0.254. The van der Waals surface area contributed by atoms with Crippen LogP contribution in [0.3, 0.4) is 0 Å². The number of amides is 1. The van der Waals surface area contributed by atoms with Crippen LogP contribution in [0.25, 0.3) is 0 Å². The summed E-state index contributed by atoms with van der Waals surface area (Å²) in [6.07, 6.45) is 0. The molecule has 1 saturated heterocycles. The first-order chi connectivity index (χ1) is 8.16. The number of nitrogens with two attached hydrogens (primary N) is 1. The van der Waals surface area contributed by atoms with Gasteiger partial charge in [-0.3, -0.25) is 4.79 Å². The van der Waals surface area contributed by atoms with Gasteiger partial charge in [-0.1, -0.05) is 12.1 Å². The van der Waals surface area contributed by atoms with Crippen LogP contribution in [0.2, 0.25) is 0 Å². The second kappa shape index (κ2) is 5.05. The maximum Gasteiger partial charge on any atom is 0.272 e. The second-order valence-corrected chi connectivity index (χ2v) is 4.37. The van der Waals surface area contributed by atoms with Crippen molar-refractivity contribution in [1.82, 2.24) is 0 Å². The summed E-state index contributed by atoms with van der Waals surface area (Å²) in [6, 6.07) is 7.33. The third-order valence-corrected chi connectivity index (χ3v) is 3.12. The van der Waals surface area contributed by atoms with Gasteiger partial charge in [0.25, 0.3) is 5.91 Å². The summed E-state index contributed by atoms with van der Waals surface area (Å²) >= 11 is 0. The van der Waals surface area contributed by atoms with Gasteiger partial charge in [0.15, 0.2) is 6.54 Å². The van der Waals surface area contributed by atoms with E-state index in [-0.39, 0.29) is 5.91 Å². The second-order valence-electron chi connectivity index (χ2n) is 4.37. The number of phenolic OH excluding ortho intramolecular Hbond substituents is 1. The lowest BCUT2D eigenvalue weighted by Crippen LogP contribution is -3.15. The van der Waals surface area contributed by atoms with Crippen molar-refractivity contribution in [2.45, 2.75) is 0 Å². The summed E-state index contributed by atoms with van der Waals surface area (Å²) in [5.41, 5.74) is 6.05. The Morgan fingerprint density at radius 2 is 2.00 bits per heavy atom. The van der Waals surface area contributed by atoms with Gasteiger partial charge in [0.1, 0.15) is 5.75 Å². The number of phenols is 1. The van der Waals surface area contributed by atoms with Crippen molar-refractivity contribution < 1.29 is 14.8 Å². The number of primary amides is 1. The molecule has 1 heterocycles. The van der Waals surface area contributed by atoms with Crippen LogP contribution < -0.4 is 15.5 Å². The lowest BCUT2D eigenvalue weighted by atomic mass is 10.2. The molecule has 0 aromatic heterocycles. The van der Waals surface area contributed by atoms with Crippen molar-refractivity contribution in [2.24, 2.45) is 5.73 Å². The fourth-order valence-corrected chi connectivity index (χ4v) is 2.22. The van der Waals surface area contributed by atoms with Crippen LogP contribution in [0, 0.1) is 0 Å². The molecule has 92 valence electrons. The van der Waals surface area contributed by atoms with Gasteiger partial charge in [-0.2, -0.15) is 0 Å². The van der Waals surface area contributed by atoms with Crippen molar-refractivity contribution in [2.75, 3.05) is 37.6 Å². The van der Waals surface area contributed by atoms with E-state index >= 15 is 0 Å². The lowest BCUT2D eigenvalue weighted by molar-refractivity contribution is -0.892. The van der Waals surface area contributed by atoms with Crippen molar-refractivity contribution in [1.29, 1.82) is 0 Å². The average molecular weight is 236 g/mol. The topological polar surface area (TPSA) is 71.0 Å². The van der Waals surface area contributed by atoms with E-state index in [0.29, 0.717) is 12.3 Å². The van der Waals surface area contributed by atoms with Crippen molar-refractivity contribution in [3.8, 4) is 5.75 Å². The van der Waals surface area contributed by atoms with Crippen molar-refractivity contribution >= 4 is 11.6 Å². The number of hydrogen-bond acceptors (Lipinski definition) is 3. The predicted octanol–water partition coefficient (Wildman–Crippen LogP) is -1.42. The predicted molar refractivity (Wildman–Crippen MR) is 65.1 cm³/mol. The van der Waals surface area contributed by atoms with E-state index in [0.717, 1.165) is 31.9 Å². The van der Waals surface area contributed by atoms with Crippen LogP contribution in [0.4, 0.5) is 5.69 Å².